The van der Waals surface area contributed by atoms with E-state index in [0.29, 0.717) is 24.8 Å². The van der Waals surface area contributed by atoms with Crippen LogP contribution in [0.2, 0.25) is 0 Å². The second-order valence-electron chi connectivity index (χ2n) is 8.00. The molecule has 4 nitrogen and oxygen atoms in total. The van der Waals surface area contributed by atoms with Crippen molar-refractivity contribution in [3.05, 3.63) is 35.4 Å². The lowest BCUT2D eigenvalue weighted by atomic mass is 9.87. The van der Waals surface area contributed by atoms with Crippen LogP contribution in [-0.2, 0) is 16.7 Å². The van der Waals surface area contributed by atoms with Crippen LogP contribution in [0.1, 0.15) is 58.1 Å². The summed E-state index contributed by atoms with van der Waals surface area (Å²) in [6.07, 6.45) is 4.33. The number of benzene rings is 1. The Morgan fingerprint density at radius 2 is 1.92 bits per heavy atom. The number of halogens is 1. The van der Waals surface area contributed by atoms with Crippen molar-refractivity contribution >= 4 is 29.9 Å². The molecule has 0 radical (unpaired) electrons. The maximum Gasteiger partial charge on any atom is 0.191 e. The summed E-state index contributed by atoms with van der Waals surface area (Å²) >= 11 is 0. The summed E-state index contributed by atoms with van der Waals surface area (Å²) in [6, 6.07) is 9.22. The van der Waals surface area contributed by atoms with Crippen LogP contribution in [0.5, 0.6) is 0 Å². The standard InChI is InChI=1S/C20H31N3O.HI/c1-5-21-19(23-17-12-16-10-11-18(17)24-16)22-13-14-6-8-15(9-7-14)20(2,3)4;/h6-9,16-18H,5,10-13H2,1-4H3,(H2,21,22,23);1H. The summed E-state index contributed by atoms with van der Waals surface area (Å²) in [6.45, 7) is 10.4. The quantitative estimate of drug-likeness (QED) is 0.409. The molecule has 2 heterocycles. The second kappa shape index (κ2) is 8.71. The van der Waals surface area contributed by atoms with Crippen molar-refractivity contribution in [1.82, 2.24) is 10.6 Å². The minimum atomic E-state index is 0. The molecule has 2 aliphatic rings. The van der Waals surface area contributed by atoms with Gasteiger partial charge < -0.3 is 15.4 Å². The molecule has 0 amide bonds. The fourth-order valence-electron chi connectivity index (χ4n) is 3.57. The van der Waals surface area contributed by atoms with Gasteiger partial charge in [0.25, 0.3) is 0 Å². The van der Waals surface area contributed by atoms with Gasteiger partial charge in [-0.15, -0.1) is 24.0 Å². The highest BCUT2D eigenvalue weighted by Crippen LogP contribution is 2.34. The van der Waals surface area contributed by atoms with Gasteiger partial charge in [-0.2, -0.15) is 0 Å². The Morgan fingerprint density at radius 1 is 1.20 bits per heavy atom. The molecule has 2 bridgehead atoms. The van der Waals surface area contributed by atoms with E-state index >= 15 is 0 Å². The molecule has 3 rings (SSSR count). The first-order valence-corrected chi connectivity index (χ1v) is 9.25. The molecule has 0 saturated carbocycles. The van der Waals surface area contributed by atoms with E-state index in [2.05, 4.69) is 62.6 Å². The van der Waals surface area contributed by atoms with Crippen molar-refractivity contribution < 1.29 is 4.74 Å². The predicted octanol–water partition coefficient (Wildman–Crippen LogP) is 3.98. The highest BCUT2D eigenvalue weighted by molar-refractivity contribution is 14.0. The molecule has 2 aliphatic heterocycles. The number of rotatable bonds is 4. The molecule has 3 unspecified atom stereocenters. The van der Waals surface area contributed by atoms with Crippen molar-refractivity contribution in [2.75, 3.05) is 6.54 Å². The average Bonchev–Trinajstić information content (AvgIpc) is 3.15. The molecule has 25 heavy (non-hydrogen) atoms. The minimum Gasteiger partial charge on any atom is -0.373 e. The van der Waals surface area contributed by atoms with Crippen LogP contribution in [-0.4, -0.2) is 30.8 Å². The van der Waals surface area contributed by atoms with E-state index in [1.54, 1.807) is 0 Å². The number of guanidine groups is 1. The Kier molecular flexibility index (Phi) is 7.14. The van der Waals surface area contributed by atoms with Crippen LogP contribution in [0.25, 0.3) is 0 Å². The molecule has 140 valence electrons. The third-order valence-corrected chi connectivity index (χ3v) is 5.01. The van der Waals surface area contributed by atoms with Crippen molar-refractivity contribution in [3.63, 3.8) is 0 Å². The number of ether oxygens (including phenoxy) is 1. The Hall–Kier alpha value is -0.820. The summed E-state index contributed by atoms with van der Waals surface area (Å²) in [7, 11) is 0. The first kappa shape index (κ1) is 20.5. The predicted molar refractivity (Wildman–Crippen MR) is 115 cm³/mol. The Morgan fingerprint density at radius 3 is 2.44 bits per heavy atom. The molecular formula is C20H32IN3O. The van der Waals surface area contributed by atoms with Gasteiger partial charge >= 0.3 is 0 Å². The van der Waals surface area contributed by atoms with Gasteiger partial charge in [-0.1, -0.05) is 45.0 Å². The molecule has 0 aromatic heterocycles. The van der Waals surface area contributed by atoms with Crippen molar-refractivity contribution in [2.24, 2.45) is 4.99 Å². The summed E-state index contributed by atoms with van der Waals surface area (Å²) in [5, 5.41) is 6.93. The van der Waals surface area contributed by atoms with Gasteiger partial charge in [0.2, 0.25) is 0 Å². The van der Waals surface area contributed by atoms with Crippen LogP contribution in [0.4, 0.5) is 0 Å². The first-order chi connectivity index (χ1) is 11.5. The Bertz CT molecular complexity index is 580. The van der Waals surface area contributed by atoms with E-state index in [0.717, 1.165) is 18.9 Å². The normalized spacial score (nSPS) is 25.6. The van der Waals surface area contributed by atoms with Crippen LogP contribution in [0.3, 0.4) is 0 Å². The molecule has 3 atom stereocenters. The minimum absolute atomic E-state index is 0. The zero-order chi connectivity index (χ0) is 17.2. The lowest BCUT2D eigenvalue weighted by Crippen LogP contribution is -2.47. The van der Waals surface area contributed by atoms with Crippen molar-refractivity contribution in [2.45, 2.75) is 77.2 Å². The maximum absolute atomic E-state index is 5.93. The highest BCUT2D eigenvalue weighted by Gasteiger charge is 2.41. The van der Waals surface area contributed by atoms with Crippen LogP contribution < -0.4 is 10.6 Å². The summed E-state index contributed by atoms with van der Waals surface area (Å²) in [4.78, 5) is 4.76. The Labute approximate surface area is 169 Å². The van der Waals surface area contributed by atoms with E-state index in [9.17, 15) is 0 Å². The number of fused-ring (bicyclic) bond motifs is 2. The number of hydrogen-bond donors (Lipinski definition) is 2. The fourth-order valence-corrected chi connectivity index (χ4v) is 3.57. The number of hydrogen-bond acceptors (Lipinski definition) is 2. The molecule has 0 aliphatic carbocycles. The molecular weight excluding hydrogens is 425 g/mol. The Balaban J connectivity index is 0.00000225. The monoisotopic (exact) mass is 457 g/mol. The number of nitrogens with one attached hydrogen (secondary N) is 2. The third-order valence-electron chi connectivity index (χ3n) is 5.01. The lowest BCUT2D eigenvalue weighted by Gasteiger charge is -2.22. The second-order valence-corrected chi connectivity index (χ2v) is 8.00. The summed E-state index contributed by atoms with van der Waals surface area (Å²) < 4.78 is 5.93. The number of nitrogens with zero attached hydrogens (tertiary/aromatic N) is 1. The van der Waals surface area contributed by atoms with Crippen LogP contribution >= 0.6 is 24.0 Å². The molecule has 2 saturated heterocycles. The fraction of sp³-hybridized carbons (Fsp3) is 0.650. The molecule has 5 heteroatoms. The summed E-state index contributed by atoms with van der Waals surface area (Å²) in [5.41, 5.74) is 2.80. The average molecular weight is 457 g/mol. The van der Waals surface area contributed by atoms with E-state index in [4.69, 9.17) is 9.73 Å². The third kappa shape index (κ3) is 5.33. The maximum atomic E-state index is 5.93. The largest absolute Gasteiger partial charge is 0.373 e. The molecule has 1 aromatic carbocycles. The van der Waals surface area contributed by atoms with Crippen LogP contribution in [0.15, 0.2) is 29.3 Å². The first-order valence-electron chi connectivity index (χ1n) is 9.25. The SMILES string of the molecule is CCNC(=NCc1ccc(C(C)(C)C)cc1)NC1CC2CCC1O2.I. The van der Waals surface area contributed by atoms with Gasteiger partial charge in [-0.05, 0) is 42.7 Å². The topological polar surface area (TPSA) is 45.7 Å². The van der Waals surface area contributed by atoms with Gasteiger partial charge in [0.05, 0.1) is 24.8 Å². The smallest absolute Gasteiger partial charge is 0.191 e. The highest BCUT2D eigenvalue weighted by atomic mass is 127. The van der Waals surface area contributed by atoms with E-state index in [1.165, 1.54) is 24.0 Å². The van der Waals surface area contributed by atoms with Gasteiger partial charge in [0.1, 0.15) is 0 Å². The van der Waals surface area contributed by atoms with E-state index in [1.807, 2.05) is 0 Å². The number of aliphatic imine (C=N–C) groups is 1. The van der Waals surface area contributed by atoms with Crippen LogP contribution in [0, 0.1) is 0 Å². The molecule has 0 spiro atoms. The van der Waals surface area contributed by atoms with Crippen molar-refractivity contribution in [3.8, 4) is 0 Å². The molecule has 2 fully saturated rings. The zero-order valence-electron chi connectivity index (χ0n) is 15.8. The molecule has 1 aromatic rings. The molecule has 2 N–H and O–H groups in total. The van der Waals surface area contributed by atoms with Gasteiger partial charge in [-0.3, -0.25) is 0 Å². The summed E-state index contributed by atoms with van der Waals surface area (Å²) in [5.74, 6) is 0.901. The van der Waals surface area contributed by atoms with Gasteiger partial charge in [0, 0.05) is 6.54 Å². The zero-order valence-corrected chi connectivity index (χ0v) is 18.2. The van der Waals surface area contributed by atoms with Gasteiger partial charge in [-0.25, -0.2) is 4.99 Å². The lowest BCUT2D eigenvalue weighted by molar-refractivity contribution is 0.0992. The van der Waals surface area contributed by atoms with Gasteiger partial charge in [0.15, 0.2) is 5.96 Å². The van der Waals surface area contributed by atoms with Crippen molar-refractivity contribution in [1.29, 1.82) is 0 Å². The van der Waals surface area contributed by atoms with E-state index in [-0.39, 0.29) is 29.4 Å². The van der Waals surface area contributed by atoms with E-state index < -0.39 is 0 Å².